The molecular formula is C18H18N2O3. The van der Waals surface area contributed by atoms with Crippen LogP contribution in [0.4, 0.5) is 11.4 Å². The van der Waals surface area contributed by atoms with Gasteiger partial charge in [0, 0.05) is 12.1 Å². The second-order valence-electron chi connectivity index (χ2n) is 5.56. The summed E-state index contributed by atoms with van der Waals surface area (Å²) in [7, 11) is 0. The number of benzene rings is 2. The van der Waals surface area contributed by atoms with Gasteiger partial charge in [0.1, 0.15) is 12.4 Å². The van der Waals surface area contributed by atoms with Gasteiger partial charge in [-0.1, -0.05) is 30.3 Å². The van der Waals surface area contributed by atoms with E-state index in [1.54, 1.807) is 12.1 Å². The van der Waals surface area contributed by atoms with Gasteiger partial charge in [-0.3, -0.25) is 9.59 Å². The van der Waals surface area contributed by atoms with E-state index in [0.717, 1.165) is 11.3 Å². The maximum absolute atomic E-state index is 12.3. The number of fused-ring (bicyclic) bond motifs is 1. The standard InChI is InChI=1S/C18H18N2O3/c1-12-6-2-3-7-14(12)19-17(21)10-13-11-23-16-9-5-4-8-15(16)20-18(13)22/h2-9,13H,10-11H2,1H3,(H,19,21)(H,20,22). The molecule has 3 rings (SSSR count). The first-order valence-corrected chi connectivity index (χ1v) is 7.51. The molecule has 1 aliphatic heterocycles. The molecule has 23 heavy (non-hydrogen) atoms. The molecule has 1 aliphatic rings. The molecule has 0 bridgehead atoms. The molecule has 5 nitrogen and oxygen atoms in total. The molecule has 1 heterocycles. The first-order chi connectivity index (χ1) is 11.1. The smallest absolute Gasteiger partial charge is 0.231 e. The average Bonchev–Trinajstić information content (AvgIpc) is 2.69. The second kappa shape index (κ2) is 6.52. The van der Waals surface area contributed by atoms with E-state index in [9.17, 15) is 9.59 Å². The molecule has 0 aromatic heterocycles. The van der Waals surface area contributed by atoms with Gasteiger partial charge in [0.05, 0.1) is 11.6 Å². The number of hydrogen-bond acceptors (Lipinski definition) is 3. The van der Waals surface area contributed by atoms with E-state index in [4.69, 9.17) is 4.74 Å². The number of carbonyl (C=O) groups is 2. The van der Waals surface area contributed by atoms with Crippen LogP contribution in [0.15, 0.2) is 48.5 Å². The highest BCUT2D eigenvalue weighted by molar-refractivity contribution is 5.99. The monoisotopic (exact) mass is 310 g/mol. The van der Waals surface area contributed by atoms with Gasteiger partial charge in [-0.25, -0.2) is 0 Å². The summed E-state index contributed by atoms with van der Waals surface area (Å²) < 4.78 is 5.64. The molecule has 0 radical (unpaired) electrons. The third-order valence-electron chi connectivity index (χ3n) is 3.81. The molecule has 1 unspecified atom stereocenters. The van der Waals surface area contributed by atoms with Crippen molar-refractivity contribution in [3.63, 3.8) is 0 Å². The molecule has 0 spiro atoms. The lowest BCUT2D eigenvalue weighted by Gasteiger charge is -2.13. The van der Waals surface area contributed by atoms with E-state index in [1.165, 1.54) is 0 Å². The van der Waals surface area contributed by atoms with Crippen LogP contribution in [-0.4, -0.2) is 18.4 Å². The lowest BCUT2D eigenvalue weighted by molar-refractivity contribution is -0.125. The third-order valence-corrected chi connectivity index (χ3v) is 3.81. The van der Waals surface area contributed by atoms with Crippen LogP contribution in [0.25, 0.3) is 0 Å². The zero-order valence-electron chi connectivity index (χ0n) is 12.8. The number of aryl methyl sites for hydroxylation is 1. The number of ether oxygens (including phenoxy) is 1. The predicted molar refractivity (Wildman–Crippen MR) is 88.5 cm³/mol. The van der Waals surface area contributed by atoms with E-state index < -0.39 is 5.92 Å². The van der Waals surface area contributed by atoms with E-state index in [0.29, 0.717) is 11.4 Å². The molecule has 0 fully saturated rings. The average molecular weight is 310 g/mol. The molecule has 2 aromatic carbocycles. The van der Waals surface area contributed by atoms with Crippen molar-refractivity contribution in [3.8, 4) is 5.75 Å². The fourth-order valence-electron chi connectivity index (χ4n) is 2.49. The molecular weight excluding hydrogens is 292 g/mol. The number of carbonyl (C=O) groups excluding carboxylic acids is 2. The van der Waals surface area contributed by atoms with Gasteiger partial charge < -0.3 is 15.4 Å². The Balaban J connectivity index is 1.65. The minimum absolute atomic E-state index is 0.0775. The van der Waals surface area contributed by atoms with Crippen molar-refractivity contribution < 1.29 is 14.3 Å². The van der Waals surface area contributed by atoms with Crippen molar-refractivity contribution in [2.45, 2.75) is 13.3 Å². The molecule has 1 atom stereocenters. The van der Waals surface area contributed by atoms with Crippen LogP contribution >= 0.6 is 0 Å². The fraction of sp³-hybridized carbons (Fsp3) is 0.222. The van der Waals surface area contributed by atoms with Crippen molar-refractivity contribution >= 4 is 23.2 Å². The van der Waals surface area contributed by atoms with Crippen LogP contribution in [0.3, 0.4) is 0 Å². The predicted octanol–water partition coefficient (Wildman–Crippen LogP) is 2.97. The second-order valence-corrected chi connectivity index (χ2v) is 5.56. The third kappa shape index (κ3) is 3.51. The maximum atomic E-state index is 12.3. The first-order valence-electron chi connectivity index (χ1n) is 7.51. The lowest BCUT2D eigenvalue weighted by Crippen LogP contribution is -2.29. The highest BCUT2D eigenvalue weighted by Gasteiger charge is 2.27. The van der Waals surface area contributed by atoms with Crippen molar-refractivity contribution in [2.24, 2.45) is 5.92 Å². The van der Waals surface area contributed by atoms with Crippen LogP contribution in [-0.2, 0) is 9.59 Å². The Morgan fingerprint density at radius 3 is 2.78 bits per heavy atom. The number of para-hydroxylation sites is 3. The summed E-state index contributed by atoms with van der Waals surface area (Å²) in [5.74, 6) is -0.294. The van der Waals surface area contributed by atoms with E-state index >= 15 is 0 Å². The van der Waals surface area contributed by atoms with Gasteiger partial charge in [0.2, 0.25) is 11.8 Å². The number of hydrogen-bond donors (Lipinski definition) is 2. The van der Waals surface area contributed by atoms with Gasteiger partial charge >= 0.3 is 0 Å². The Bertz CT molecular complexity index is 743. The number of amides is 2. The number of anilines is 2. The highest BCUT2D eigenvalue weighted by atomic mass is 16.5. The largest absolute Gasteiger partial charge is 0.491 e. The van der Waals surface area contributed by atoms with E-state index in [2.05, 4.69) is 10.6 Å². The Morgan fingerprint density at radius 1 is 1.22 bits per heavy atom. The molecule has 2 N–H and O–H groups in total. The summed E-state index contributed by atoms with van der Waals surface area (Å²) in [4.78, 5) is 24.5. The van der Waals surface area contributed by atoms with Crippen molar-refractivity contribution in [2.75, 3.05) is 17.2 Å². The Morgan fingerprint density at radius 2 is 1.96 bits per heavy atom. The minimum atomic E-state index is -0.522. The normalized spacial score (nSPS) is 16.6. The van der Waals surface area contributed by atoms with Crippen molar-refractivity contribution in [1.29, 1.82) is 0 Å². The molecule has 0 aliphatic carbocycles. The van der Waals surface area contributed by atoms with E-state index in [-0.39, 0.29) is 24.8 Å². The first kappa shape index (κ1) is 15.1. The van der Waals surface area contributed by atoms with Gasteiger partial charge in [-0.05, 0) is 30.7 Å². The summed E-state index contributed by atoms with van der Waals surface area (Å²) in [5, 5.41) is 5.65. The Labute approximate surface area is 134 Å². The lowest BCUT2D eigenvalue weighted by atomic mass is 10.0. The maximum Gasteiger partial charge on any atom is 0.231 e. The molecule has 118 valence electrons. The molecule has 2 aromatic rings. The number of rotatable bonds is 3. The molecule has 2 amide bonds. The van der Waals surface area contributed by atoms with Crippen molar-refractivity contribution in [1.82, 2.24) is 0 Å². The molecule has 0 saturated heterocycles. The highest BCUT2D eigenvalue weighted by Crippen LogP contribution is 2.28. The summed E-state index contributed by atoms with van der Waals surface area (Å²) in [6.07, 6.45) is 0.0775. The van der Waals surface area contributed by atoms with Gasteiger partial charge in [0.25, 0.3) is 0 Å². The summed E-state index contributed by atoms with van der Waals surface area (Å²) in [6.45, 7) is 2.11. The van der Waals surface area contributed by atoms with Crippen LogP contribution in [0.5, 0.6) is 5.75 Å². The van der Waals surface area contributed by atoms with Crippen LogP contribution < -0.4 is 15.4 Å². The summed E-state index contributed by atoms with van der Waals surface area (Å²) in [6, 6.07) is 14.8. The summed E-state index contributed by atoms with van der Waals surface area (Å²) in [5.41, 5.74) is 2.38. The Kier molecular flexibility index (Phi) is 4.28. The Hall–Kier alpha value is -2.82. The van der Waals surface area contributed by atoms with Crippen molar-refractivity contribution in [3.05, 3.63) is 54.1 Å². The van der Waals surface area contributed by atoms with Gasteiger partial charge in [-0.15, -0.1) is 0 Å². The van der Waals surface area contributed by atoms with Gasteiger partial charge in [0.15, 0.2) is 0 Å². The zero-order valence-corrected chi connectivity index (χ0v) is 12.8. The molecule has 0 saturated carbocycles. The van der Waals surface area contributed by atoms with Crippen LogP contribution in [0.1, 0.15) is 12.0 Å². The fourth-order valence-corrected chi connectivity index (χ4v) is 2.49. The topological polar surface area (TPSA) is 67.4 Å². The van der Waals surface area contributed by atoms with Gasteiger partial charge in [-0.2, -0.15) is 0 Å². The number of nitrogens with one attached hydrogen (secondary N) is 2. The van der Waals surface area contributed by atoms with E-state index in [1.807, 2.05) is 43.3 Å². The zero-order chi connectivity index (χ0) is 16.2. The minimum Gasteiger partial charge on any atom is -0.491 e. The van der Waals surface area contributed by atoms with Crippen LogP contribution in [0, 0.1) is 12.8 Å². The quantitative estimate of drug-likeness (QED) is 0.916. The summed E-state index contributed by atoms with van der Waals surface area (Å²) >= 11 is 0. The SMILES string of the molecule is Cc1ccccc1NC(=O)CC1COc2ccccc2NC1=O. The van der Waals surface area contributed by atoms with Crippen LogP contribution in [0.2, 0.25) is 0 Å². The molecule has 5 heteroatoms.